The summed E-state index contributed by atoms with van der Waals surface area (Å²) in [5.74, 6) is 0.849. The highest BCUT2D eigenvalue weighted by atomic mass is 35.5. The quantitative estimate of drug-likeness (QED) is 0.866. The van der Waals surface area contributed by atoms with Crippen molar-refractivity contribution >= 4 is 11.6 Å². The Kier molecular flexibility index (Phi) is 6.14. The maximum atomic E-state index is 6.26. The molecule has 1 aliphatic heterocycles. The monoisotopic (exact) mass is 297 g/mol. The zero-order valence-electron chi connectivity index (χ0n) is 12.3. The van der Waals surface area contributed by atoms with Crippen molar-refractivity contribution in [2.45, 2.75) is 51.3 Å². The lowest BCUT2D eigenvalue weighted by Crippen LogP contribution is -2.38. The third-order valence-corrected chi connectivity index (χ3v) is 4.20. The van der Waals surface area contributed by atoms with Gasteiger partial charge in [0.05, 0.1) is 13.2 Å². The van der Waals surface area contributed by atoms with E-state index in [0.717, 1.165) is 48.7 Å². The molecule has 1 aromatic carbocycles. The molecule has 2 atom stereocenters. The van der Waals surface area contributed by atoms with E-state index in [1.54, 1.807) is 7.11 Å². The minimum atomic E-state index is 0.402. The Labute approximate surface area is 126 Å². The van der Waals surface area contributed by atoms with Gasteiger partial charge in [0.1, 0.15) is 5.75 Å². The van der Waals surface area contributed by atoms with Crippen LogP contribution in [0.3, 0.4) is 0 Å². The van der Waals surface area contributed by atoms with Gasteiger partial charge in [0.15, 0.2) is 0 Å². The molecule has 0 spiro atoms. The van der Waals surface area contributed by atoms with E-state index in [1.807, 2.05) is 18.2 Å². The summed E-state index contributed by atoms with van der Waals surface area (Å²) in [7, 11) is 1.68. The normalized spacial score (nSPS) is 22.8. The molecule has 1 saturated heterocycles. The van der Waals surface area contributed by atoms with E-state index >= 15 is 0 Å². The van der Waals surface area contributed by atoms with Gasteiger partial charge in [0, 0.05) is 29.8 Å². The maximum Gasteiger partial charge on any atom is 0.124 e. The highest BCUT2D eigenvalue weighted by Crippen LogP contribution is 2.27. The molecule has 1 aliphatic rings. The first-order valence-corrected chi connectivity index (χ1v) is 7.78. The molecule has 1 N–H and O–H groups in total. The maximum absolute atomic E-state index is 6.26. The lowest BCUT2D eigenvalue weighted by molar-refractivity contribution is -0.00344. The summed E-state index contributed by atoms with van der Waals surface area (Å²) in [6.07, 6.45) is 4.87. The van der Waals surface area contributed by atoms with Gasteiger partial charge < -0.3 is 14.8 Å². The Morgan fingerprint density at radius 3 is 3.05 bits per heavy atom. The van der Waals surface area contributed by atoms with Crippen molar-refractivity contribution in [3.8, 4) is 5.75 Å². The SMILES string of the molecule is CCCC1CC(NCc2c(Cl)cccc2OC)CCO1. The molecule has 112 valence electrons. The van der Waals surface area contributed by atoms with Gasteiger partial charge in [-0.3, -0.25) is 0 Å². The standard InChI is InChI=1S/C16H24ClNO2/c1-3-5-13-10-12(8-9-20-13)18-11-14-15(17)6-4-7-16(14)19-2/h4,6-7,12-13,18H,3,5,8-11H2,1-2H3. The van der Waals surface area contributed by atoms with Gasteiger partial charge in [-0.15, -0.1) is 0 Å². The second-order valence-electron chi connectivity index (χ2n) is 5.30. The fourth-order valence-corrected chi connectivity index (χ4v) is 2.97. The largest absolute Gasteiger partial charge is 0.496 e. The molecule has 4 heteroatoms. The van der Waals surface area contributed by atoms with Crippen LogP contribution in [-0.4, -0.2) is 25.9 Å². The third kappa shape index (κ3) is 4.11. The number of nitrogens with one attached hydrogen (secondary N) is 1. The Morgan fingerprint density at radius 1 is 1.45 bits per heavy atom. The van der Waals surface area contributed by atoms with Crippen molar-refractivity contribution < 1.29 is 9.47 Å². The lowest BCUT2D eigenvalue weighted by atomic mass is 10.00. The molecule has 0 radical (unpaired) electrons. The molecule has 2 rings (SSSR count). The average Bonchev–Trinajstić information content (AvgIpc) is 2.46. The first-order chi connectivity index (χ1) is 9.74. The van der Waals surface area contributed by atoms with Crippen LogP contribution in [0.25, 0.3) is 0 Å². The molecule has 0 aromatic heterocycles. The van der Waals surface area contributed by atoms with Crippen LogP contribution in [0.15, 0.2) is 18.2 Å². The van der Waals surface area contributed by atoms with Gasteiger partial charge in [-0.05, 0) is 31.4 Å². The van der Waals surface area contributed by atoms with Gasteiger partial charge >= 0.3 is 0 Å². The minimum absolute atomic E-state index is 0.402. The van der Waals surface area contributed by atoms with E-state index in [9.17, 15) is 0 Å². The molecule has 1 fully saturated rings. The fourth-order valence-electron chi connectivity index (χ4n) is 2.74. The van der Waals surface area contributed by atoms with Crippen LogP contribution in [0.2, 0.25) is 5.02 Å². The van der Waals surface area contributed by atoms with E-state index in [0.29, 0.717) is 12.1 Å². The summed E-state index contributed by atoms with van der Waals surface area (Å²) in [5, 5.41) is 4.36. The zero-order chi connectivity index (χ0) is 14.4. The van der Waals surface area contributed by atoms with E-state index in [4.69, 9.17) is 21.1 Å². The van der Waals surface area contributed by atoms with Crippen LogP contribution < -0.4 is 10.1 Å². The molecule has 1 aromatic rings. The number of benzene rings is 1. The van der Waals surface area contributed by atoms with Gasteiger partial charge in [0.25, 0.3) is 0 Å². The first-order valence-electron chi connectivity index (χ1n) is 7.41. The highest BCUT2D eigenvalue weighted by Gasteiger charge is 2.22. The van der Waals surface area contributed by atoms with Crippen molar-refractivity contribution in [1.29, 1.82) is 0 Å². The van der Waals surface area contributed by atoms with Gasteiger partial charge in [-0.1, -0.05) is 31.0 Å². The summed E-state index contributed by atoms with van der Waals surface area (Å²) < 4.78 is 11.2. The summed E-state index contributed by atoms with van der Waals surface area (Å²) in [5.41, 5.74) is 1.04. The zero-order valence-corrected chi connectivity index (χ0v) is 13.1. The van der Waals surface area contributed by atoms with Crippen molar-refractivity contribution in [2.24, 2.45) is 0 Å². The number of ether oxygens (including phenoxy) is 2. The Bertz CT molecular complexity index is 423. The summed E-state index contributed by atoms with van der Waals surface area (Å²) >= 11 is 6.26. The topological polar surface area (TPSA) is 30.5 Å². The Hall–Kier alpha value is -0.770. The molecular formula is C16H24ClNO2. The third-order valence-electron chi connectivity index (χ3n) is 3.84. The van der Waals surface area contributed by atoms with Crippen LogP contribution in [0, 0.1) is 0 Å². The van der Waals surface area contributed by atoms with Gasteiger partial charge in [0.2, 0.25) is 0 Å². The fraction of sp³-hybridized carbons (Fsp3) is 0.625. The van der Waals surface area contributed by atoms with Crippen LogP contribution in [-0.2, 0) is 11.3 Å². The second-order valence-corrected chi connectivity index (χ2v) is 5.71. The predicted molar refractivity (Wildman–Crippen MR) is 82.5 cm³/mol. The van der Waals surface area contributed by atoms with Crippen molar-refractivity contribution in [1.82, 2.24) is 5.32 Å². The van der Waals surface area contributed by atoms with Crippen LogP contribution in [0.4, 0.5) is 0 Å². The average molecular weight is 298 g/mol. The molecule has 0 aliphatic carbocycles. The molecule has 1 heterocycles. The molecule has 2 unspecified atom stereocenters. The molecular weight excluding hydrogens is 274 g/mol. The number of hydrogen-bond donors (Lipinski definition) is 1. The number of halogens is 1. The number of hydrogen-bond acceptors (Lipinski definition) is 3. The van der Waals surface area contributed by atoms with E-state index in [1.165, 1.54) is 6.42 Å². The van der Waals surface area contributed by atoms with Crippen molar-refractivity contribution in [3.05, 3.63) is 28.8 Å². The summed E-state index contributed by atoms with van der Waals surface area (Å²) in [4.78, 5) is 0. The number of methoxy groups -OCH3 is 1. The summed E-state index contributed by atoms with van der Waals surface area (Å²) in [6, 6.07) is 6.27. The summed E-state index contributed by atoms with van der Waals surface area (Å²) in [6.45, 7) is 3.79. The minimum Gasteiger partial charge on any atom is -0.496 e. The molecule has 0 saturated carbocycles. The second kappa shape index (κ2) is 7.87. The number of rotatable bonds is 6. The first kappa shape index (κ1) is 15.6. The van der Waals surface area contributed by atoms with Crippen molar-refractivity contribution in [2.75, 3.05) is 13.7 Å². The van der Waals surface area contributed by atoms with Crippen LogP contribution in [0.1, 0.15) is 38.2 Å². The van der Waals surface area contributed by atoms with Crippen LogP contribution >= 0.6 is 11.6 Å². The van der Waals surface area contributed by atoms with Gasteiger partial charge in [-0.25, -0.2) is 0 Å². The molecule has 0 amide bonds. The Morgan fingerprint density at radius 2 is 2.30 bits per heavy atom. The van der Waals surface area contributed by atoms with Gasteiger partial charge in [-0.2, -0.15) is 0 Å². The van der Waals surface area contributed by atoms with E-state index in [2.05, 4.69) is 12.2 Å². The predicted octanol–water partition coefficient (Wildman–Crippen LogP) is 3.79. The molecule has 20 heavy (non-hydrogen) atoms. The Balaban J connectivity index is 1.92. The molecule has 3 nitrogen and oxygen atoms in total. The van der Waals surface area contributed by atoms with E-state index < -0.39 is 0 Å². The van der Waals surface area contributed by atoms with Crippen molar-refractivity contribution in [3.63, 3.8) is 0 Å². The van der Waals surface area contributed by atoms with E-state index in [-0.39, 0.29) is 0 Å². The van der Waals surface area contributed by atoms with Crippen LogP contribution in [0.5, 0.6) is 5.75 Å². The molecule has 0 bridgehead atoms. The highest BCUT2D eigenvalue weighted by molar-refractivity contribution is 6.31. The lowest BCUT2D eigenvalue weighted by Gasteiger charge is -2.30. The smallest absolute Gasteiger partial charge is 0.124 e.